The van der Waals surface area contributed by atoms with E-state index < -0.39 is 11.6 Å². The van der Waals surface area contributed by atoms with Crippen molar-refractivity contribution in [3.05, 3.63) is 18.2 Å². The van der Waals surface area contributed by atoms with Crippen molar-refractivity contribution in [2.75, 3.05) is 30.4 Å². The number of anilines is 2. The Labute approximate surface area is 148 Å². The normalized spacial score (nSPS) is 14.6. The zero-order valence-corrected chi connectivity index (χ0v) is 15.1. The molecule has 0 atom stereocenters. The van der Waals surface area contributed by atoms with Crippen LogP contribution in [0.5, 0.6) is 5.75 Å². The first-order valence-corrected chi connectivity index (χ1v) is 8.68. The number of urea groups is 1. The summed E-state index contributed by atoms with van der Waals surface area (Å²) >= 11 is 0. The molecule has 0 radical (unpaired) electrons. The molecular formula is C18H27N3O4. The molecule has 1 fully saturated rings. The smallest absolute Gasteiger partial charge is 0.319 e. The second-order valence-corrected chi connectivity index (χ2v) is 6.27. The van der Waals surface area contributed by atoms with Crippen molar-refractivity contribution in [3.8, 4) is 5.75 Å². The number of hydrogen-bond acceptors (Lipinski definition) is 4. The molecule has 3 N–H and O–H groups in total. The molecule has 1 aromatic carbocycles. The topological polar surface area (TPSA) is 90.9 Å². The molecule has 0 aromatic heterocycles. The Morgan fingerprint density at radius 3 is 2.64 bits per heavy atom. The Morgan fingerprint density at radius 2 is 2.08 bits per heavy atom. The highest BCUT2D eigenvalue weighted by molar-refractivity contribution is 5.98. The molecule has 1 heterocycles. The van der Waals surface area contributed by atoms with Crippen LogP contribution in [0.3, 0.4) is 0 Å². The molecular weight excluding hydrogens is 322 g/mol. The summed E-state index contributed by atoms with van der Waals surface area (Å²) < 4.78 is 5.33. The van der Waals surface area contributed by atoms with Gasteiger partial charge in [-0.3, -0.25) is 4.79 Å². The molecule has 7 nitrogen and oxygen atoms in total. The number of benzene rings is 1. The van der Waals surface area contributed by atoms with Crippen molar-refractivity contribution < 1.29 is 19.4 Å². The molecule has 0 spiro atoms. The Bertz CT molecular complexity index is 629. The fourth-order valence-corrected chi connectivity index (χ4v) is 2.80. The maximum absolute atomic E-state index is 12.1. The van der Waals surface area contributed by atoms with Crippen molar-refractivity contribution in [3.63, 3.8) is 0 Å². The molecule has 7 heteroatoms. The summed E-state index contributed by atoms with van der Waals surface area (Å²) in [6.07, 6.45) is 2.46. The SMILES string of the molecule is CCC(O)(CC)CNC(=O)Nc1ccc(OC)c(N2CCCC2=O)c1. The number of carbonyl (C=O) groups excluding carboxylic acids is 2. The number of nitrogens with zero attached hydrogens (tertiary/aromatic N) is 1. The standard InChI is InChI=1S/C18H27N3O4/c1-4-18(24,5-2)12-19-17(23)20-13-8-9-15(25-3)14(11-13)21-10-6-7-16(21)22/h8-9,11,24H,4-7,10,12H2,1-3H3,(H2,19,20,23). The number of methoxy groups -OCH3 is 1. The van der Waals surface area contributed by atoms with Crippen LogP contribution in [0, 0.1) is 0 Å². The lowest BCUT2D eigenvalue weighted by molar-refractivity contribution is -0.117. The summed E-state index contributed by atoms with van der Waals surface area (Å²) in [4.78, 5) is 25.8. The summed E-state index contributed by atoms with van der Waals surface area (Å²) in [5.74, 6) is 0.642. The molecule has 2 rings (SSSR count). The maximum Gasteiger partial charge on any atom is 0.319 e. The largest absolute Gasteiger partial charge is 0.495 e. The first kappa shape index (κ1) is 19.1. The fraction of sp³-hybridized carbons (Fsp3) is 0.556. The minimum atomic E-state index is -0.898. The summed E-state index contributed by atoms with van der Waals surface area (Å²) in [6.45, 7) is 4.59. The number of amides is 3. The molecule has 1 aliphatic rings. The highest BCUT2D eigenvalue weighted by Gasteiger charge is 2.25. The monoisotopic (exact) mass is 349 g/mol. The molecule has 0 unspecified atom stereocenters. The average molecular weight is 349 g/mol. The van der Waals surface area contributed by atoms with Crippen LogP contribution < -0.4 is 20.3 Å². The number of nitrogens with one attached hydrogen (secondary N) is 2. The molecule has 0 bridgehead atoms. The van der Waals surface area contributed by atoms with Crippen LogP contribution in [0.4, 0.5) is 16.2 Å². The van der Waals surface area contributed by atoms with Gasteiger partial charge >= 0.3 is 6.03 Å². The van der Waals surface area contributed by atoms with Gasteiger partial charge in [-0.25, -0.2) is 4.79 Å². The highest BCUT2D eigenvalue weighted by Crippen LogP contribution is 2.34. The van der Waals surface area contributed by atoms with Gasteiger partial charge in [-0.2, -0.15) is 0 Å². The van der Waals surface area contributed by atoms with E-state index in [1.54, 1.807) is 30.2 Å². The van der Waals surface area contributed by atoms with E-state index in [2.05, 4.69) is 10.6 Å². The van der Waals surface area contributed by atoms with Gasteiger partial charge in [0.25, 0.3) is 0 Å². The molecule has 25 heavy (non-hydrogen) atoms. The molecule has 1 aromatic rings. The van der Waals surface area contributed by atoms with Crippen LogP contribution in [0.25, 0.3) is 0 Å². The van der Waals surface area contributed by atoms with Crippen molar-refractivity contribution in [2.24, 2.45) is 0 Å². The van der Waals surface area contributed by atoms with Gasteiger partial charge in [0.2, 0.25) is 5.91 Å². The number of rotatable bonds is 7. The van der Waals surface area contributed by atoms with E-state index in [9.17, 15) is 14.7 Å². The minimum absolute atomic E-state index is 0.0517. The minimum Gasteiger partial charge on any atom is -0.495 e. The van der Waals surface area contributed by atoms with E-state index in [1.165, 1.54) is 0 Å². The second-order valence-electron chi connectivity index (χ2n) is 6.27. The predicted molar refractivity (Wildman–Crippen MR) is 97.1 cm³/mol. The van der Waals surface area contributed by atoms with Crippen molar-refractivity contribution in [1.29, 1.82) is 0 Å². The summed E-state index contributed by atoms with van der Waals surface area (Å²) in [6, 6.07) is 4.77. The summed E-state index contributed by atoms with van der Waals surface area (Å²) in [5.41, 5.74) is 0.315. The second kappa shape index (κ2) is 8.20. The molecule has 0 aliphatic carbocycles. The number of carbonyl (C=O) groups is 2. The average Bonchev–Trinajstić information content (AvgIpc) is 3.05. The quantitative estimate of drug-likeness (QED) is 0.705. The molecule has 1 aliphatic heterocycles. The third-order valence-electron chi connectivity index (χ3n) is 4.70. The number of aliphatic hydroxyl groups is 1. The third kappa shape index (κ3) is 4.63. The van der Waals surface area contributed by atoms with E-state index in [-0.39, 0.29) is 12.5 Å². The van der Waals surface area contributed by atoms with Gasteiger partial charge in [0.1, 0.15) is 5.75 Å². The molecule has 138 valence electrons. The lowest BCUT2D eigenvalue weighted by atomic mass is 9.98. The highest BCUT2D eigenvalue weighted by atomic mass is 16.5. The predicted octanol–water partition coefficient (Wildman–Crippen LogP) is 2.49. The van der Waals surface area contributed by atoms with E-state index in [4.69, 9.17) is 4.74 Å². The summed E-state index contributed by atoms with van der Waals surface area (Å²) in [5, 5.41) is 15.7. The van der Waals surface area contributed by atoms with E-state index >= 15 is 0 Å². The lowest BCUT2D eigenvalue weighted by Crippen LogP contribution is -2.43. The van der Waals surface area contributed by atoms with Crippen molar-refractivity contribution >= 4 is 23.3 Å². The Kier molecular flexibility index (Phi) is 6.25. The van der Waals surface area contributed by atoms with E-state index in [0.717, 1.165) is 6.42 Å². The number of ether oxygens (including phenoxy) is 1. The number of hydrogen-bond donors (Lipinski definition) is 3. The van der Waals surface area contributed by atoms with Crippen LogP contribution in [-0.2, 0) is 4.79 Å². The Morgan fingerprint density at radius 1 is 1.36 bits per heavy atom. The van der Waals surface area contributed by atoms with Gasteiger partial charge in [0.05, 0.1) is 18.4 Å². The zero-order valence-electron chi connectivity index (χ0n) is 15.1. The van der Waals surface area contributed by atoms with E-state index in [0.29, 0.717) is 42.9 Å². The molecule has 3 amide bonds. The van der Waals surface area contributed by atoms with Gasteiger partial charge in [0, 0.05) is 25.2 Å². The van der Waals surface area contributed by atoms with Crippen LogP contribution >= 0.6 is 0 Å². The molecule has 1 saturated heterocycles. The van der Waals surface area contributed by atoms with Crippen molar-refractivity contribution in [2.45, 2.75) is 45.1 Å². The van der Waals surface area contributed by atoms with Gasteiger partial charge in [-0.05, 0) is 37.5 Å². The first-order chi connectivity index (χ1) is 11.9. The van der Waals surface area contributed by atoms with Crippen LogP contribution in [0.1, 0.15) is 39.5 Å². The van der Waals surface area contributed by atoms with Crippen LogP contribution in [-0.4, -0.2) is 42.8 Å². The van der Waals surface area contributed by atoms with Gasteiger partial charge in [0.15, 0.2) is 0 Å². The Balaban J connectivity index is 2.07. The van der Waals surface area contributed by atoms with E-state index in [1.807, 2.05) is 13.8 Å². The fourth-order valence-electron chi connectivity index (χ4n) is 2.80. The van der Waals surface area contributed by atoms with Gasteiger partial charge < -0.3 is 25.4 Å². The summed E-state index contributed by atoms with van der Waals surface area (Å²) in [7, 11) is 1.55. The zero-order chi connectivity index (χ0) is 18.4. The van der Waals surface area contributed by atoms with Crippen molar-refractivity contribution in [1.82, 2.24) is 5.32 Å². The van der Waals surface area contributed by atoms with Gasteiger partial charge in [-0.1, -0.05) is 13.8 Å². The van der Waals surface area contributed by atoms with Gasteiger partial charge in [-0.15, -0.1) is 0 Å². The van der Waals surface area contributed by atoms with Crippen LogP contribution in [0.2, 0.25) is 0 Å². The Hall–Kier alpha value is -2.28. The first-order valence-electron chi connectivity index (χ1n) is 8.68. The maximum atomic E-state index is 12.1. The third-order valence-corrected chi connectivity index (χ3v) is 4.70. The lowest BCUT2D eigenvalue weighted by Gasteiger charge is -2.25. The van der Waals surface area contributed by atoms with Crippen LogP contribution in [0.15, 0.2) is 18.2 Å². The molecule has 0 saturated carbocycles.